The molecule has 104 valence electrons. The minimum absolute atomic E-state index is 0.158. The van der Waals surface area contributed by atoms with Crippen LogP contribution in [0.25, 0.3) is 0 Å². The first kappa shape index (κ1) is 13.9. The van der Waals surface area contributed by atoms with E-state index in [0.717, 1.165) is 12.1 Å². The molecule has 0 bridgehead atoms. The second-order valence-corrected chi connectivity index (χ2v) is 4.23. The summed E-state index contributed by atoms with van der Waals surface area (Å²) in [5.74, 6) is -1.06. The molecule has 2 aromatic carbocycles. The maximum Gasteiger partial charge on any atom is 0.258 e. The maximum absolute atomic E-state index is 13.3. The fraction of sp³-hybridized carbons (Fsp3) is 0.133. The van der Waals surface area contributed by atoms with E-state index in [1.807, 2.05) is 0 Å². The summed E-state index contributed by atoms with van der Waals surface area (Å²) in [5, 5.41) is 9.13. The van der Waals surface area contributed by atoms with Crippen molar-refractivity contribution in [1.82, 2.24) is 0 Å². The topological polar surface area (TPSA) is 49.8 Å². The quantitative estimate of drug-likeness (QED) is 0.937. The molecular weight excluding hydrogens is 261 g/mol. The second kappa shape index (κ2) is 5.61. The number of phenols is 1. The van der Waals surface area contributed by atoms with Gasteiger partial charge < -0.3 is 14.7 Å². The summed E-state index contributed by atoms with van der Waals surface area (Å²) >= 11 is 0. The van der Waals surface area contributed by atoms with E-state index < -0.39 is 11.6 Å². The van der Waals surface area contributed by atoms with E-state index in [2.05, 4.69) is 0 Å². The van der Waals surface area contributed by atoms with Crippen LogP contribution in [0.5, 0.6) is 11.5 Å². The highest BCUT2D eigenvalue weighted by molar-refractivity contribution is 6.05. The zero-order valence-electron chi connectivity index (χ0n) is 11.1. The minimum atomic E-state index is -0.824. The van der Waals surface area contributed by atoms with Crippen LogP contribution in [0.15, 0.2) is 42.5 Å². The van der Waals surface area contributed by atoms with Gasteiger partial charge in [-0.15, -0.1) is 0 Å². The molecule has 0 aliphatic carbocycles. The van der Waals surface area contributed by atoms with Crippen LogP contribution in [-0.2, 0) is 0 Å². The van der Waals surface area contributed by atoms with Gasteiger partial charge in [-0.25, -0.2) is 4.39 Å². The van der Waals surface area contributed by atoms with E-state index in [-0.39, 0.29) is 11.5 Å². The third-order valence-electron chi connectivity index (χ3n) is 2.94. The largest absolute Gasteiger partial charge is 0.505 e. The van der Waals surface area contributed by atoms with Crippen molar-refractivity contribution in [3.05, 3.63) is 53.8 Å². The summed E-state index contributed by atoms with van der Waals surface area (Å²) < 4.78 is 18.4. The maximum atomic E-state index is 13.3. The number of anilines is 1. The van der Waals surface area contributed by atoms with Crippen LogP contribution >= 0.6 is 0 Å². The van der Waals surface area contributed by atoms with E-state index in [4.69, 9.17) is 9.84 Å². The number of nitrogens with zero attached hydrogens (tertiary/aromatic N) is 1. The van der Waals surface area contributed by atoms with Gasteiger partial charge in [0.25, 0.3) is 5.91 Å². The van der Waals surface area contributed by atoms with Crippen LogP contribution in [0.2, 0.25) is 0 Å². The Labute approximate surface area is 116 Å². The number of rotatable bonds is 3. The van der Waals surface area contributed by atoms with Gasteiger partial charge in [0.15, 0.2) is 11.6 Å². The number of halogens is 1. The minimum Gasteiger partial charge on any atom is -0.505 e. The van der Waals surface area contributed by atoms with Gasteiger partial charge >= 0.3 is 0 Å². The molecule has 2 rings (SSSR count). The summed E-state index contributed by atoms with van der Waals surface area (Å²) in [5.41, 5.74) is 0.786. The first-order chi connectivity index (χ1) is 9.52. The molecule has 0 saturated heterocycles. The van der Waals surface area contributed by atoms with Crippen molar-refractivity contribution in [2.45, 2.75) is 0 Å². The number of benzene rings is 2. The average molecular weight is 275 g/mol. The summed E-state index contributed by atoms with van der Waals surface area (Å²) in [7, 11) is 3.12. The number of hydrogen-bond donors (Lipinski definition) is 1. The molecule has 5 heteroatoms. The molecule has 4 nitrogen and oxygen atoms in total. The average Bonchev–Trinajstić information content (AvgIpc) is 2.48. The van der Waals surface area contributed by atoms with Crippen LogP contribution in [0, 0.1) is 5.82 Å². The molecule has 0 aromatic heterocycles. The predicted molar refractivity (Wildman–Crippen MR) is 73.8 cm³/mol. The van der Waals surface area contributed by atoms with Gasteiger partial charge in [-0.05, 0) is 30.3 Å². The van der Waals surface area contributed by atoms with Crippen molar-refractivity contribution in [2.24, 2.45) is 0 Å². The first-order valence-corrected chi connectivity index (χ1v) is 5.93. The molecule has 20 heavy (non-hydrogen) atoms. The highest BCUT2D eigenvalue weighted by Crippen LogP contribution is 2.23. The zero-order chi connectivity index (χ0) is 14.7. The number of amides is 1. The lowest BCUT2D eigenvalue weighted by atomic mass is 10.1. The molecule has 2 aromatic rings. The molecule has 0 radical (unpaired) electrons. The van der Waals surface area contributed by atoms with E-state index in [1.165, 1.54) is 18.1 Å². The van der Waals surface area contributed by atoms with Gasteiger partial charge in [-0.3, -0.25) is 4.79 Å². The zero-order valence-corrected chi connectivity index (χ0v) is 11.1. The Hall–Kier alpha value is -2.56. The third kappa shape index (κ3) is 2.71. The Morgan fingerprint density at radius 3 is 2.65 bits per heavy atom. The number of phenolic OH excluding ortho intramolecular Hbond substituents is 1. The fourth-order valence-corrected chi connectivity index (χ4v) is 1.77. The van der Waals surface area contributed by atoms with E-state index in [0.29, 0.717) is 11.4 Å². The van der Waals surface area contributed by atoms with Crippen LogP contribution in [0.1, 0.15) is 10.4 Å². The summed E-state index contributed by atoms with van der Waals surface area (Å²) in [6.45, 7) is 0. The number of carbonyl (C=O) groups excluding carboxylic acids is 1. The van der Waals surface area contributed by atoms with Gasteiger partial charge in [0.05, 0.1) is 7.11 Å². The van der Waals surface area contributed by atoms with Gasteiger partial charge in [0.2, 0.25) is 0 Å². The molecule has 0 fully saturated rings. The lowest BCUT2D eigenvalue weighted by molar-refractivity contribution is 0.0992. The van der Waals surface area contributed by atoms with Crippen molar-refractivity contribution in [1.29, 1.82) is 0 Å². The molecular formula is C15H14FNO3. The predicted octanol–water partition coefficient (Wildman–Crippen LogP) is 2.82. The SMILES string of the molecule is COc1cccc(N(C)C(=O)c2ccc(O)c(F)c2)c1. The van der Waals surface area contributed by atoms with Crippen molar-refractivity contribution >= 4 is 11.6 Å². The van der Waals surface area contributed by atoms with Crippen LogP contribution in [0.4, 0.5) is 10.1 Å². The van der Waals surface area contributed by atoms with E-state index in [1.54, 1.807) is 31.3 Å². The van der Waals surface area contributed by atoms with Crippen molar-refractivity contribution < 1.29 is 19.0 Å². The first-order valence-electron chi connectivity index (χ1n) is 5.93. The number of hydrogen-bond acceptors (Lipinski definition) is 3. The Kier molecular flexibility index (Phi) is 3.89. The highest BCUT2D eigenvalue weighted by Gasteiger charge is 2.15. The highest BCUT2D eigenvalue weighted by atomic mass is 19.1. The van der Waals surface area contributed by atoms with Crippen LogP contribution < -0.4 is 9.64 Å². The molecule has 0 unspecified atom stereocenters. The van der Waals surface area contributed by atoms with Gasteiger partial charge in [-0.1, -0.05) is 6.07 Å². The number of aromatic hydroxyl groups is 1. The number of methoxy groups -OCH3 is 1. The number of carbonyl (C=O) groups is 1. The Bertz CT molecular complexity index is 643. The summed E-state index contributed by atoms with van der Waals surface area (Å²) in [6, 6.07) is 10.5. The lowest BCUT2D eigenvalue weighted by Crippen LogP contribution is -2.26. The number of ether oxygens (including phenoxy) is 1. The summed E-state index contributed by atoms with van der Waals surface area (Å²) in [4.78, 5) is 13.6. The Morgan fingerprint density at radius 2 is 2.00 bits per heavy atom. The van der Waals surface area contributed by atoms with Gasteiger partial charge in [0.1, 0.15) is 5.75 Å². The molecule has 0 atom stereocenters. The molecule has 0 spiro atoms. The standard InChI is InChI=1S/C15H14FNO3/c1-17(11-4-3-5-12(9-11)20-2)15(19)10-6-7-14(18)13(16)8-10/h3-9,18H,1-2H3. The molecule has 1 N–H and O–H groups in total. The van der Waals surface area contributed by atoms with Crippen molar-refractivity contribution in [3.63, 3.8) is 0 Å². The Morgan fingerprint density at radius 1 is 1.25 bits per heavy atom. The molecule has 0 aliphatic rings. The monoisotopic (exact) mass is 275 g/mol. The fourth-order valence-electron chi connectivity index (χ4n) is 1.77. The van der Waals surface area contributed by atoms with Crippen LogP contribution in [-0.4, -0.2) is 25.2 Å². The lowest BCUT2D eigenvalue weighted by Gasteiger charge is -2.18. The van der Waals surface area contributed by atoms with Gasteiger partial charge in [0, 0.05) is 24.4 Å². The normalized spacial score (nSPS) is 10.2. The smallest absolute Gasteiger partial charge is 0.258 e. The van der Waals surface area contributed by atoms with Gasteiger partial charge in [-0.2, -0.15) is 0 Å². The van der Waals surface area contributed by atoms with Crippen molar-refractivity contribution in [3.8, 4) is 11.5 Å². The molecule has 1 amide bonds. The van der Waals surface area contributed by atoms with Crippen LogP contribution in [0.3, 0.4) is 0 Å². The third-order valence-corrected chi connectivity index (χ3v) is 2.94. The molecule has 0 heterocycles. The summed E-state index contributed by atoms with van der Waals surface area (Å²) in [6.07, 6.45) is 0. The Balaban J connectivity index is 2.29. The second-order valence-electron chi connectivity index (χ2n) is 4.23. The molecule has 0 aliphatic heterocycles. The van der Waals surface area contributed by atoms with Crippen molar-refractivity contribution in [2.75, 3.05) is 19.1 Å². The van der Waals surface area contributed by atoms with E-state index >= 15 is 0 Å². The van der Waals surface area contributed by atoms with E-state index in [9.17, 15) is 9.18 Å². The molecule has 0 saturated carbocycles.